The average Bonchev–Trinajstić information content (AvgIpc) is 3.04. The zero-order valence-corrected chi connectivity index (χ0v) is 17.8. The van der Waals surface area contributed by atoms with Gasteiger partial charge in [-0.15, -0.1) is 0 Å². The minimum atomic E-state index is -0.0178. The van der Waals surface area contributed by atoms with Crippen LogP contribution in [0.5, 0.6) is 0 Å². The lowest BCUT2D eigenvalue weighted by atomic mass is 9.96. The van der Waals surface area contributed by atoms with Crippen molar-refractivity contribution < 1.29 is 4.79 Å². The topological polar surface area (TPSA) is 65.8 Å². The van der Waals surface area contributed by atoms with Crippen molar-refractivity contribution in [3.05, 3.63) is 58.4 Å². The van der Waals surface area contributed by atoms with Crippen molar-refractivity contribution in [3.8, 4) is 0 Å². The summed E-state index contributed by atoms with van der Waals surface area (Å²) >= 11 is 6.26. The van der Waals surface area contributed by atoms with Crippen LogP contribution in [0.3, 0.4) is 0 Å². The molecule has 0 unspecified atom stereocenters. The van der Waals surface area contributed by atoms with Crippen LogP contribution in [-0.2, 0) is 24.2 Å². The Kier molecular flexibility index (Phi) is 5.08. The second kappa shape index (κ2) is 7.89. The van der Waals surface area contributed by atoms with Crippen LogP contribution in [0.4, 0.5) is 5.82 Å². The van der Waals surface area contributed by atoms with Crippen molar-refractivity contribution in [1.29, 1.82) is 0 Å². The lowest BCUT2D eigenvalue weighted by molar-refractivity contribution is -0.135. The molecular formula is C22H25ClN6O. The normalized spacial score (nSPS) is 16.8. The standard InChI is InChI=1S/C22H25ClN6O/c1-27(12-15-4-2-3-5-18(15)23)22(30)16-13-28(14-16)21-17-6-9-24-10-7-19(17)26-20-8-11-25-29(20)21/h2-5,8,11,16,24H,6-7,9-10,12-14H2,1H3. The molecule has 156 valence electrons. The number of carbonyl (C=O) groups excluding carboxylic acids is 1. The quantitative estimate of drug-likeness (QED) is 0.695. The Morgan fingerprint density at radius 1 is 1.23 bits per heavy atom. The molecule has 1 fully saturated rings. The fraction of sp³-hybridized carbons (Fsp3) is 0.409. The molecule has 2 aliphatic rings. The summed E-state index contributed by atoms with van der Waals surface area (Å²) in [4.78, 5) is 21.9. The zero-order valence-electron chi connectivity index (χ0n) is 17.0. The van der Waals surface area contributed by atoms with Crippen molar-refractivity contribution in [2.75, 3.05) is 38.1 Å². The molecule has 0 aliphatic carbocycles. The van der Waals surface area contributed by atoms with Crippen LogP contribution < -0.4 is 10.2 Å². The summed E-state index contributed by atoms with van der Waals surface area (Å²) in [6, 6.07) is 9.63. The van der Waals surface area contributed by atoms with Gasteiger partial charge in [0.05, 0.1) is 17.8 Å². The molecule has 1 saturated heterocycles. The van der Waals surface area contributed by atoms with Gasteiger partial charge in [-0.05, 0) is 24.6 Å². The molecule has 1 aromatic carbocycles. The van der Waals surface area contributed by atoms with E-state index in [9.17, 15) is 4.79 Å². The third-order valence-corrected chi connectivity index (χ3v) is 6.42. The van der Waals surface area contributed by atoms with Gasteiger partial charge in [0.1, 0.15) is 5.82 Å². The molecule has 7 nitrogen and oxygen atoms in total. The Morgan fingerprint density at radius 3 is 2.87 bits per heavy atom. The molecule has 0 saturated carbocycles. The lowest BCUT2D eigenvalue weighted by Gasteiger charge is -2.42. The second-order valence-corrected chi connectivity index (χ2v) is 8.51. The predicted octanol–water partition coefficient (Wildman–Crippen LogP) is 2.17. The zero-order chi connectivity index (χ0) is 20.7. The van der Waals surface area contributed by atoms with Gasteiger partial charge in [-0.25, -0.2) is 4.98 Å². The number of benzene rings is 1. The van der Waals surface area contributed by atoms with Gasteiger partial charge in [-0.2, -0.15) is 9.61 Å². The summed E-state index contributed by atoms with van der Waals surface area (Å²) in [5.74, 6) is 1.24. The first-order valence-electron chi connectivity index (χ1n) is 10.4. The van der Waals surface area contributed by atoms with Gasteiger partial charge >= 0.3 is 0 Å². The van der Waals surface area contributed by atoms with Gasteiger partial charge in [0, 0.05) is 56.3 Å². The number of amides is 1. The number of rotatable bonds is 4. The maximum absolute atomic E-state index is 13.0. The number of nitrogens with one attached hydrogen (secondary N) is 1. The maximum Gasteiger partial charge on any atom is 0.229 e. The van der Waals surface area contributed by atoms with Crippen LogP contribution in [0.1, 0.15) is 16.8 Å². The third kappa shape index (κ3) is 3.42. The Hall–Kier alpha value is -2.64. The molecular weight excluding hydrogens is 400 g/mol. The summed E-state index contributed by atoms with van der Waals surface area (Å²) < 4.78 is 1.93. The summed E-state index contributed by atoms with van der Waals surface area (Å²) in [6.07, 6.45) is 3.64. The van der Waals surface area contributed by atoms with Crippen molar-refractivity contribution in [2.45, 2.75) is 19.4 Å². The molecule has 3 aromatic rings. The molecule has 0 atom stereocenters. The highest BCUT2D eigenvalue weighted by Gasteiger charge is 2.37. The number of carbonyl (C=O) groups is 1. The minimum Gasteiger partial charge on any atom is -0.354 e. The molecule has 1 N–H and O–H groups in total. The van der Waals surface area contributed by atoms with Crippen LogP contribution in [0, 0.1) is 5.92 Å². The van der Waals surface area contributed by atoms with E-state index in [1.165, 1.54) is 5.56 Å². The first kappa shape index (κ1) is 19.3. The number of fused-ring (bicyclic) bond motifs is 2. The molecule has 1 amide bonds. The number of hydrogen-bond donors (Lipinski definition) is 1. The first-order chi connectivity index (χ1) is 14.6. The molecule has 5 rings (SSSR count). The van der Waals surface area contributed by atoms with Gasteiger partial charge in [0.2, 0.25) is 5.91 Å². The van der Waals surface area contributed by atoms with Gasteiger partial charge in [-0.3, -0.25) is 4.79 Å². The predicted molar refractivity (Wildman–Crippen MR) is 117 cm³/mol. The van der Waals surface area contributed by atoms with E-state index in [0.717, 1.165) is 48.7 Å². The summed E-state index contributed by atoms with van der Waals surface area (Å²) in [5, 5.41) is 8.66. The SMILES string of the molecule is CN(Cc1ccccc1Cl)C(=O)C1CN(c2c3c(nc4ccnn24)CCNCC3)C1. The van der Waals surface area contributed by atoms with Crippen molar-refractivity contribution in [1.82, 2.24) is 24.8 Å². The molecule has 0 spiro atoms. The summed E-state index contributed by atoms with van der Waals surface area (Å²) in [6.45, 7) is 3.80. The number of aromatic nitrogens is 3. The summed E-state index contributed by atoms with van der Waals surface area (Å²) in [5.41, 5.74) is 4.24. The molecule has 4 heterocycles. The Morgan fingerprint density at radius 2 is 2.03 bits per heavy atom. The van der Waals surface area contributed by atoms with Crippen LogP contribution in [0.15, 0.2) is 36.5 Å². The smallest absolute Gasteiger partial charge is 0.229 e. The van der Waals surface area contributed by atoms with E-state index < -0.39 is 0 Å². The van der Waals surface area contributed by atoms with E-state index in [4.69, 9.17) is 16.6 Å². The molecule has 30 heavy (non-hydrogen) atoms. The van der Waals surface area contributed by atoms with E-state index in [1.807, 2.05) is 41.9 Å². The molecule has 0 radical (unpaired) electrons. The van der Waals surface area contributed by atoms with Crippen molar-refractivity contribution in [2.24, 2.45) is 5.92 Å². The third-order valence-electron chi connectivity index (χ3n) is 6.05. The van der Waals surface area contributed by atoms with Crippen LogP contribution in [-0.4, -0.2) is 58.6 Å². The monoisotopic (exact) mass is 424 g/mol. The molecule has 0 bridgehead atoms. The maximum atomic E-state index is 13.0. The van der Waals surface area contributed by atoms with E-state index >= 15 is 0 Å². The van der Waals surface area contributed by atoms with Gasteiger partial charge in [-0.1, -0.05) is 29.8 Å². The van der Waals surface area contributed by atoms with Gasteiger partial charge in [0.25, 0.3) is 0 Å². The fourth-order valence-electron chi connectivity index (χ4n) is 4.42. The summed E-state index contributed by atoms with van der Waals surface area (Å²) in [7, 11) is 1.85. The highest BCUT2D eigenvalue weighted by molar-refractivity contribution is 6.31. The highest BCUT2D eigenvalue weighted by atomic mass is 35.5. The minimum absolute atomic E-state index is 0.0178. The Bertz CT molecular complexity index is 1090. The molecule has 2 aromatic heterocycles. The van der Waals surface area contributed by atoms with E-state index in [1.54, 1.807) is 11.1 Å². The lowest BCUT2D eigenvalue weighted by Crippen LogP contribution is -2.54. The van der Waals surface area contributed by atoms with Crippen LogP contribution >= 0.6 is 11.6 Å². The fourth-order valence-corrected chi connectivity index (χ4v) is 4.61. The number of halogens is 1. The van der Waals surface area contributed by atoms with E-state index in [-0.39, 0.29) is 11.8 Å². The second-order valence-electron chi connectivity index (χ2n) is 8.10. The van der Waals surface area contributed by atoms with Crippen molar-refractivity contribution in [3.63, 3.8) is 0 Å². The van der Waals surface area contributed by atoms with Gasteiger partial charge in [0.15, 0.2) is 5.65 Å². The van der Waals surface area contributed by atoms with E-state index in [2.05, 4.69) is 15.3 Å². The average molecular weight is 425 g/mol. The van der Waals surface area contributed by atoms with E-state index in [0.29, 0.717) is 24.7 Å². The number of hydrogen-bond acceptors (Lipinski definition) is 5. The number of nitrogens with zero attached hydrogens (tertiary/aromatic N) is 5. The van der Waals surface area contributed by atoms with Crippen LogP contribution in [0.2, 0.25) is 5.02 Å². The largest absolute Gasteiger partial charge is 0.354 e. The molecule has 8 heteroatoms. The highest BCUT2D eigenvalue weighted by Crippen LogP contribution is 2.32. The van der Waals surface area contributed by atoms with Gasteiger partial charge < -0.3 is 15.1 Å². The van der Waals surface area contributed by atoms with Crippen molar-refractivity contribution >= 4 is 29.0 Å². The number of anilines is 1. The molecule has 2 aliphatic heterocycles. The first-order valence-corrected chi connectivity index (χ1v) is 10.8. The van der Waals surface area contributed by atoms with Crippen LogP contribution in [0.25, 0.3) is 5.65 Å². The Labute approximate surface area is 180 Å². The Balaban J connectivity index is 1.34.